The molecule has 0 bridgehead atoms. The Kier molecular flexibility index (Phi) is 6.13. The number of imidazole rings is 1. The van der Waals surface area contributed by atoms with Gasteiger partial charge in [-0.05, 0) is 57.9 Å². The van der Waals surface area contributed by atoms with E-state index in [9.17, 15) is 24.6 Å². The van der Waals surface area contributed by atoms with E-state index < -0.39 is 64.4 Å². The number of aromatic nitrogens is 2. The average molecular weight is 595 g/mol. The molecule has 0 aromatic carbocycles. The molecular weight excluding hydrogens is 552 g/mol. The number of ketones is 1. The van der Waals surface area contributed by atoms with Crippen molar-refractivity contribution in [3.63, 3.8) is 0 Å². The van der Waals surface area contributed by atoms with Gasteiger partial charge in [0.2, 0.25) is 0 Å². The maximum atomic E-state index is 14.2. The summed E-state index contributed by atoms with van der Waals surface area (Å²) >= 11 is 0. The Morgan fingerprint density at radius 1 is 1.21 bits per heavy atom. The van der Waals surface area contributed by atoms with Crippen LogP contribution in [0.5, 0.6) is 0 Å². The van der Waals surface area contributed by atoms with Gasteiger partial charge < -0.3 is 29.0 Å². The van der Waals surface area contributed by atoms with E-state index in [1.165, 1.54) is 6.92 Å². The van der Waals surface area contributed by atoms with Crippen LogP contribution in [0, 0.1) is 28.6 Å². The molecule has 6 aliphatic rings. The number of esters is 2. The van der Waals surface area contributed by atoms with Crippen LogP contribution in [0.25, 0.3) is 0 Å². The number of nitrogens with zero attached hydrogens (tertiary/aromatic N) is 2. The third-order valence-electron chi connectivity index (χ3n) is 12.8. The summed E-state index contributed by atoms with van der Waals surface area (Å²) in [5, 5.41) is 24.8. The highest BCUT2D eigenvalue weighted by atomic mass is 16.6. The standard InChI is InChI=1S/C33H42N2O8/c1-16-11-24(42-29(39)17(16)2)18(3)21-12-26(41-19(4)36)32(40)22-13-27-33(43-27)28(38)23(35-10-9-34-15-35)14-25(37)31(33,6)20(22)7-8-30(21,32)5/h9-10,12,15,18,20,22-24,26-28,38,40H,7-8,11,13-14H2,1-6H3. The number of carbonyl (C=O) groups is 3. The summed E-state index contributed by atoms with van der Waals surface area (Å²) in [5.74, 6) is -1.78. The molecule has 10 nitrogen and oxygen atoms in total. The number of ether oxygens (including phenoxy) is 3. The van der Waals surface area contributed by atoms with E-state index in [1.54, 1.807) is 30.2 Å². The fourth-order valence-electron chi connectivity index (χ4n) is 10.2. The summed E-state index contributed by atoms with van der Waals surface area (Å²) in [7, 11) is 0. The number of hydrogen-bond donors (Lipinski definition) is 2. The van der Waals surface area contributed by atoms with Crippen molar-refractivity contribution in [2.75, 3.05) is 0 Å². The van der Waals surface area contributed by atoms with Gasteiger partial charge in [0.25, 0.3) is 0 Å². The number of hydrogen-bond acceptors (Lipinski definition) is 9. The molecule has 2 aliphatic heterocycles. The summed E-state index contributed by atoms with van der Waals surface area (Å²) in [5.41, 5.74) is -1.86. The highest BCUT2D eigenvalue weighted by Gasteiger charge is 2.84. The average Bonchev–Trinajstić information content (AvgIpc) is 3.34. The molecule has 0 amide bonds. The van der Waals surface area contributed by atoms with E-state index in [2.05, 4.69) is 4.98 Å². The van der Waals surface area contributed by atoms with Crippen LogP contribution in [-0.4, -0.2) is 73.1 Å². The fourth-order valence-corrected chi connectivity index (χ4v) is 10.2. The first kappa shape index (κ1) is 28.9. The Hall–Kier alpha value is -2.82. The Bertz CT molecular complexity index is 1470. The maximum absolute atomic E-state index is 14.2. The lowest BCUT2D eigenvalue weighted by molar-refractivity contribution is -0.229. The quantitative estimate of drug-likeness (QED) is 0.305. The third kappa shape index (κ3) is 3.46. The highest BCUT2D eigenvalue weighted by Crippen LogP contribution is 2.74. The Morgan fingerprint density at radius 2 is 1.95 bits per heavy atom. The van der Waals surface area contributed by atoms with Crippen molar-refractivity contribution in [2.24, 2.45) is 28.6 Å². The van der Waals surface area contributed by atoms with Crippen LogP contribution in [0.3, 0.4) is 0 Å². The van der Waals surface area contributed by atoms with Crippen molar-refractivity contribution in [1.82, 2.24) is 9.55 Å². The van der Waals surface area contributed by atoms with Crippen molar-refractivity contribution in [1.29, 1.82) is 0 Å². The van der Waals surface area contributed by atoms with Gasteiger partial charge in [-0.15, -0.1) is 0 Å². The number of aliphatic hydroxyl groups excluding tert-OH is 1. The van der Waals surface area contributed by atoms with Crippen LogP contribution in [0.15, 0.2) is 41.5 Å². The van der Waals surface area contributed by atoms with Crippen molar-refractivity contribution in [3.05, 3.63) is 41.5 Å². The van der Waals surface area contributed by atoms with E-state index in [0.717, 1.165) is 11.1 Å². The number of fused-ring (bicyclic) bond motifs is 4. The predicted octanol–water partition coefficient (Wildman–Crippen LogP) is 3.23. The fraction of sp³-hybridized carbons (Fsp3) is 0.697. The molecule has 3 saturated carbocycles. The number of epoxide rings is 1. The minimum Gasteiger partial charge on any atom is -0.458 e. The number of rotatable bonds is 4. The largest absolute Gasteiger partial charge is 0.458 e. The molecule has 43 heavy (non-hydrogen) atoms. The Morgan fingerprint density at radius 3 is 2.60 bits per heavy atom. The molecule has 10 heteroatoms. The first-order chi connectivity index (χ1) is 20.2. The van der Waals surface area contributed by atoms with E-state index in [0.29, 0.717) is 31.3 Å². The minimum absolute atomic E-state index is 0.0104. The van der Waals surface area contributed by atoms with Crippen LogP contribution >= 0.6 is 0 Å². The number of carbonyl (C=O) groups excluding carboxylic acids is 3. The van der Waals surface area contributed by atoms with Crippen molar-refractivity contribution in [3.8, 4) is 0 Å². The molecule has 4 fully saturated rings. The summed E-state index contributed by atoms with van der Waals surface area (Å²) < 4.78 is 20.0. The smallest absolute Gasteiger partial charge is 0.333 e. The monoisotopic (exact) mass is 594 g/mol. The van der Waals surface area contributed by atoms with Crippen LogP contribution in [-0.2, 0) is 28.6 Å². The Labute approximate surface area is 251 Å². The first-order valence-corrected chi connectivity index (χ1v) is 15.6. The highest BCUT2D eigenvalue weighted by molar-refractivity contribution is 5.90. The molecule has 12 unspecified atom stereocenters. The van der Waals surface area contributed by atoms with Crippen LogP contribution in [0.2, 0.25) is 0 Å². The zero-order valence-electron chi connectivity index (χ0n) is 25.7. The lowest BCUT2D eigenvalue weighted by atomic mass is 9.42. The van der Waals surface area contributed by atoms with Gasteiger partial charge in [0.05, 0.1) is 23.9 Å². The first-order valence-electron chi connectivity index (χ1n) is 15.6. The lowest BCUT2D eigenvalue weighted by Crippen LogP contribution is -2.71. The number of aliphatic hydroxyl groups is 2. The summed E-state index contributed by atoms with van der Waals surface area (Å²) in [6.45, 7) is 11.0. The zero-order valence-corrected chi connectivity index (χ0v) is 25.7. The number of cyclic esters (lactones) is 1. The SMILES string of the molecule is CC(=O)OC1C=C(C(C)C2CC(C)=C(C)C(=O)O2)C2(C)CCC3C(CC4OC45C(O)C(n4ccnc4)CC(=O)C35C)C12O. The van der Waals surface area contributed by atoms with E-state index in [1.807, 2.05) is 33.8 Å². The Balaban J connectivity index is 1.27. The van der Waals surface area contributed by atoms with Gasteiger partial charge in [-0.2, -0.15) is 0 Å². The maximum Gasteiger partial charge on any atom is 0.333 e. The van der Waals surface area contributed by atoms with Gasteiger partial charge in [0.15, 0.2) is 0 Å². The molecular formula is C33H42N2O8. The lowest BCUT2D eigenvalue weighted by Gasteiger charge is -2.62. The van der Waals surface area contributed by atoms with Gasteiger partial charge in [-0.1, -0.05) is 25.0 Å². The van der Waals surface area contributed by atoms with Gasteiger partial charge in [0.1, 0.15) is 35.3 Å². The molecule has 2 N–H and O–H groups in total. The molecule has 12 atom stereocenters. The summed E-state index contributed by atoms with van der Waals surface area (Å²) in [6.07, 6.45) is 6.55. The second kappa shape index (κ2) is 9.11. The normalized spacial score (nSPS) is 47.4. The molecule has 1 aromatic heterocycles. The number of Topliss-reactive ketones (excluding diaryl/α,β-unsaturated/α-hetero) is 1. The van der Waals surface area contributed by atoms with Crippen LogP contribution < -0.4 is 0 Å². The second-order valence-electron chi connectivity index (χ2n) is 14.4. The second-order valence-corrected chi connectivity index (χ2v) is 14.4. The molecule has 0 radical (unpaired) electrons. The van der Waals surface area contributed by atoms with Crippen LogP contribution in [0.1, 0.15) is 79.7 Å². The molecule has 1 spiro atoms. The van der Waals surface area contributed by atoms with E-state index >= 15 is 0 Å². The molecule has 4 aliphatic carbocycles. The van der Waals surface area contributed by atoms with Gasteiger partial charge in [-0.25, -0.2) is 9.78 Å². The van der Waals surface area contributed by atoms with Gasteiger partial charge in [0, 0.05) is 49.1 Å². The van der Waals surface area contributed by atoms with Crippen molar-refractivity contribution in [2.45, 2.75) is 115 Å². The van der Waals surface area contributed by atoms with E-state index in [4.69, 9.17) is 14.2 Å². The van der Waals surface area contributed by atoms with Gasteiger partial charge in [-0.3, -0.25) is 9.59 Å². The topological polar surface area (TPSA) is 140 Å². The van der Waals surface area contributed by atoms with Crippen LogP contribution in [0.4, 0.5) is 0 Å². The molecule has 232 valence electrons. The van der Waals surface area contributed by atoms with Gasteiger partial charge >= 0.3 is 11.9 Å². The zero-order chi connectivity index (χ0) is 30.9. The minimum atomic E-state index is -1.52. The summed E-state index contributed by atoms with van der Waals surface area (Å²) in [4.78, 5) is 43.4. The molecule has 1 aromatic rings. The third-order valence-corrected chi connectivity index (χ3v) is 12.8. The predicted molar refractivity (Wildman–Crippen MR) is 152 cm³/mol. The summed E-state index contributed by atoms with van der Waals surface area (Å²) in [6, 6.07) is -0.477. The van der Waals surface area contributed by atoms with Crippen molar-refractivity contribution < 1.29 is 38.8 Å². The molecule has 7 rings (SSSR count). The molecule has 1 saturated heterocycles. The van der Waals surface area contributed by atoms with E-state index in [-0.39, 0.29) is 30.0 Å². The molecule has 3 heterocycles. The van der Waals surface area contributed by atoms with Crippen molar-refractivity contribution >= 4 is 17.7 Å².